The maximum absolute atomic E-state index is 12.5. The molecule has 2 aromatic heterocycles. The number of anilines is 1. The van der Waals surface area contributed by atoms with Crippen LogP contribution in [-0.2, 0) is 0 Å². The number of nitrogens with one attached hydrogen (secondary N) is 1. The second-order valence-electron chi connectivity index (χ2n) is 5.45. The molecule has 0 unspecified atom stereocenters. The fraction of sp³-hybridized carbons (Fsp3) is 0.333. The molecule has 3 aromatic rings. The summed E-state index contributed by atoms with van der Waals surface area (Å²) in [5.74, 6) is 2.11. The molecule has 0 spiro atoms. The van der Waals surface area contributed by atoms with Gasteiger partial charge in [0.1, 0.15) is 11.5 Å². The zero-order chi connectivity index (χ0) is 16.7. The Morgan fingerprint density at radius 3 is 2.83 bits per heavy atom. The van der Waals surface area contributed by atoms with E-state index in [4.69, 9.17) is 9.47 Å². The van der Waals surface area contributed by atoms with Crippen molar-refractivity contribution in [2.24, 2.45) is 0 Å². The van der Waals surface area contributed by atoms with Crippen LogP contribution in [0.5, 0.6) is 11.5 Å². The lowest BCUT2D eigenvalue weighted by Crippen LogP contribution is -2.13. The Labute approximate surface area is 141 Å². The average Bonchev–Trinajstić information content (AvgIpc) is 3.22. The molecule has 24 heavy (non-hydrogen) atoms. The van der Waals surface area contributed by atoms with Crippen molar-refractivity contribution in [1.29, 1.82) is 0 Å². The van der Waals surface area contributed by atoms with Crippen LogP contribution in [0, 0.1) is 0 Å². The lowest BCUT2D eigenvalue weighted by Gasteiger charge is -2.10. The van der Waals surface area contributed by atoms with Crippen molar-refractivity contribution < 1.29 is 14.3 Å². The van der Waals surface area contributed by atoms with Crippen molar-refractivity contribution in [3.8, 4) is 11.5 Å². The minimum absolute atomic E-state index is 0.310. The van der Waals surface area contributed by atoms with Gasteiger partial charge < -0.3 is 14.8 Å². The van der Waals surface area contributed by atoms with Crippen LogP contribution in [0.1, 0.15) is 34.4 Å². The first-order valence-corrected chi connectivity index (χ1v) is 8.26. The van der Waals surface area contributed by atoms with Gasteiger partial charge in [-0.2, -0.15) is 4.52 Å². The molecule has 1 aliphatic rings. The number of methoxy groups -OCH3 is 2. The van der Waals surface area contributed by atoms with E-state index in [-0.39, 0.29) is 5.91 Å². The molecule has 4 rings (SSSR count). The molecule has 9 heteroatoms. The molecule has 1 saturated carbocycles. The fourth-order valence-electron chi connectivity index (χ4n) is 2.40. The molecule has 1 aromatic carbocycles. The van der Waals surface area contributed by atoms with Gasteiger partial charge in [0.05, 0.1) is 19.9 Å². The van der Waals surface area contributed by atoms with Crippen molar-refractivity contribution in [3.05, 3.63) is 29.0 Å². The average molecular weight is 345 g/mol. The number of carbonyl (C=O) groups is 1. The molecular formula is C15H15N5O3S. The number of amides is 1. The number of hydrogen-bond acceptors (Lipinski definition) is 7. The molecule has 0 bridgehead atoms. The normalized spacial score (nSPS) is 13.9. The van der Waals surface area contributed by atoms with Gasteiger partial charge in [0.15, 0.2) is 5.82 Å². The first-order chi connectivity index (χ1) is 11.7. The van der Waals surface area contributed by atoms with Gasteiger partial charge in [-0.05, 0) is 25.0 Å². The smallest absolute Gasteiger partial charge is 0.286 e. The second-order valence-corrected chi connectivity index (χ2v) is 6.41. The van der Waals surface area contributed by atoms with Crippen LogP contribution >= 0.6 is 11.3 Å². The van der Waals surface area contributed by atoms with Crippen molar-refractivity contribution in [2.75, 3.05) is 19.5 Å². The highest BCUT2D eigenvalue weighted by molar-refractivity contribution is 7.18. The zero-order valence-electron chi connectivity index (χ0n) is 13.1. The van der Waals surface area contributed by atoms with Gasteiger partial charge in [0, 0.05) is 12.0 Å². The van der Waals surface area contributed by atoms with Gasteiger partial charge in [-0.25, -0.2) is 0 Å². The van der Waals surface area contributed by atoms with Crippen LogP contribution in [0.4, 0.5) is 5.69 Å². The molecule has 1 fully saturated rings. The summed E-state index contributed by atoms with van der Waals surface area (Å²) in [6.07, 6.45) is 2.20. The Bertz CT molecular complexity index is 915. The third kappa shape index (κ3) is 2.56. The maximum Gasteiger partial charge on any atom is 0.286 e. The first-order valence-electron chi connectivity index (χ1n) is 7.45. The molecule has 1 amide bonds. The number of benzene rings is 1. The number of aromatic nitrogens is 4. The van der Waals surface area contributed by atoms with Gasteiger partial charge >= 0.3 is 0 Å². The topological polar surface area (TPSA) is 90.6 Å². The third-order valence-corrected chi connectivity index (χ3v) is 4.71. The number of rotatable bonds is 5. The number of fused-ring (bicyclic) bond motifs is 1. The molecule has 0 radical (unpaired) electrons. The predicted octanol–water partition coefficient (Wildman–Crippen LogP) is 2.33. The lowest BCUT2D eigenvalue weighted by atomic mass is 10.2. The number of carbonyl (C=O) groups excluding carboxylic acids is 1. The highest BCUT2D eigenvalue weighted by atomic mass is 32.1. The van der Waals surface area contributed by atoms with Crippen molar-refractivity contribution in [3.63, 3.8) is 0 Å². The van der Waals surface area contributed by atoms with E-state index in [0.29, 0.717) is 33.1 Å². The number of ether oxygens (including phenoxy) is 2. The van der Waals surface area contributed by atoms with Crippen LogP contribution < -0.4 is 14.8 Å². The van der Waals surface area contributed by atoms with E-state index in [2.05, 4.69) is 20.6 Å². The van der Waals surface area contributed by atoms with Gasteiger partial charge in [0.25, 0.3) is 5.91 Å². The van der Waals surface area contributed by atoms with Crippen molar-refractivity contribution in [1.82, 2.24) is 19.8 Å². The molecule has 8 nitrogen and oxygen atoms in total. The van der Waals surface area contributed by atoms with E-state index in [1.54, 1.807) is 29.8 Å². The SMILES string of the molecule is COc1ccc(NC(=O)c2nn3c(C4CC4)nnc3s2)c(OC)c1. The highest BCUT2D eigenvalue weighted by Gasteiger charge is 2.30. The summed E-state index contributed by atoms with van der Waals surface area (Å²) in [5.41, 5.74) is 0.552. The molecule has 0 aliphatic heterocycles. The van der Waals surface area contributed by atoms with E-state index in [1.165, 1.54) is 18.4 Å². The predicted molar refractivity (Wildman–Crippen MR) is 88.1 cm³/mol. The van der Waals surface area contributed by atoms with Crippen LogP contribution in [0.15, 0.2) is 18.2 Å². The van der Waals surface area contributed by atoms with Crippen LogP contribution in [-0.4, -0.2) is 39.9 Å². The van der Waals surface area contributed by atoms with Crippen LogP contribution in [0.25, 0.3) is 4.96 Å². The number of nitrogens with zero attached hydrogens (tertiary/aromatic N) is 4. The molecular weight excluding hydrogens is 330 g/mol. The largest absolute Gasteiger partial charge is 0.497 e. The Hall–Kier alpha value is -2.68. The number of hydrogen-bond donors (Lipinski definition) is 1. The quantitative estimate of drug-likeness (QED) is 0.763. The van der Waals surface area contributed by atoms with Crippen LogP contribution in [0.3, 0.4) is 0 Å². The van der Waals surface area contributed by atoms with Gasteiger partial charge in [0.2, 0.25) is 9.97 Å². The monoisotopic (exact) mass is 345 g/mol. The molecule has 0 saturated heterocycles. The second kappa shape index (κ2) is 5.75. The van der Waals surface area contributed by atoms with E-state index in [0.717, 1.165) is 18.7 Å². The molecule has 0 atom stereocenters. The Kier molecular flexibility index (Phi) is 3.57. The van der Waals surface area contributed by atoms with E-state index in [9.17, 15) is 4.79 Å². The van der Waals surface area contributed by atoms with E-state index >= 15 is 0 Å². The minimum atomic E-state index is -0.310. The Morgan fingerprint density at radius 1 is 1.29 bits per heavy atom. The van der Waals surface area contributed by atoms with Gasteiger partial charge in [-0.1, -0.05) is 11.3 Å². The lowest BCUT2D eigenvalue weighted by molar-refractivity contribution is 0.102. The standard InChI is InChI=1S/C15H15N5O3S/c1-22-9-5-6-10(11(7-9)23-2)16-13(21)14-19-20-12(8-3-4-8)17-18-15(20)24-14/h5-8H,3-4H2,1-2H3,(H,16,21). The van der Waals surface area contributed by atoms with Crippen molar-refractivity contribution >= 4 is 27.9 Å². The maximum atomic E-state index is 12.5. The molecule has 124 valence electrons. The van der Waals surface area contributed by atoms with Gasteiger partial charge in [-0.15, -0.1) is 15.3 Å². The molecule has 1 N–H and O–H groups in total. The fourth-order valence-corrected chi connectivity index (χ4v) is 3.14. The highest BCUT2D eigenvalue weighted by Crippen LogP contribution is 2.39. The van der Waals surface area contributed by atoms with E-state index < -0.39 is 0 Å². The van der Waals surface area contributed by atoms with Gasteiger partial charge in [-0.3, -0.25) is 4.79 Å². The zero-order valence-corrected chi connectivity index (χ0v) is 14.0. The summed E-state index contributed by atoms with van der Waals surface area (Å²) in [6.45, 7) is 0. The molecule has 1 aliphatic carbocycles. The van der Waals surface area contributed by atoms with Crippen LogP contribution in [0.2, 0.25) is 0 Å². The summed E-state index contributed by atoms with van der Waals surface area (Å²) >= 11 is 1.21. The Balaban J connectivity index is 1.60. The first kappa shape index (κ1) is 14.9. The summed E-state index contributed by atoms with van der Waals surface area (Å²) in [4.78, 5) is 13.1. The summed E-state index contributed by atoms with van der Waals surface area (Å²) in [6, 6.07) is 5.19. The van der Waals surface area contributed by atoms with Crippen molar-refractivity contribution in [2.45, 2.75) is 18.8 Å². The third-order valence-electron chi connectivity index (χ3n) is 3.81. The van der Waals surface area contributed by atoms with E-state index in [1.807, 2.05) is 0 Å². The minimum Gasteiger partial charge on any atom is -0.497 e. The summed E-state index contributed by atoms with van der Waals surface area (Å²) < 4.78 is 12.1. The summed E-state index contributed by atoms with van der Waals surface area (Å²) in [7, 11) is 3.11. The summed E-state index contributed by atoms with van der Waals surface area (Å²) in [5, 5.41) is 15.7. The molecule has 2 heterocycles. The Morgan fingerprint density at radius 2 is 2.12 bits per heavy atom.